The van der Waals surface area contributed by atoms with Gasteiger partial charge in [0.2, 0.25) is 0 Å². The SMILES string of the molecule is CCCCCN(CCCCC)CCC(O)c1cccc2ccccc12. The first-order valence-electron chi connectivity index (χ1n) is 10.1. The molecule has 0 heterocycles. The molecule has 0 fully saturated rings. The van der Waals surface area contributed by atoms with Crippen molar-refractivity contribution in [2.24, 2.45) is 0 Å². The van der Waals surface area contributed by atoms with Gasteiger partial charge in [-0.1, -0.05) is 82.0 Å². The van der Waals surface area contributed by atoms with Crippen molar-refractivity contribution < 1.29 is 5.11 Å². The van der Waals surface area contributed by atoms with Crippen LogP contribution in [0.25, 0.3) is 10.8 Å². The van der Waals surface area contributed by atoms with Gasteiger partial charge in [-0.15, -0.1) is 0 Å². The van der Waals surface area contributed by atoms with Crippen LogP contribution >= 0.6 is 0 Å². The summed E-state index contributed by atoms with van der Waals surface area (Å²) >= 11 is 0. The molecule has 2 rings (SSSR count). The van der Waals surface area contributed by atoms with Crippen LogP contribution in [-0.4, -0.2) is 29.6 Å². The summed E-state index contributed by atoms with van der Waals surface area (Å²) in [5.74, 6) is 0. The van der Waals surface area contributed by atoms with E-state index in [2.05, 4.69) is 61.2 Å². The molecule has 1 atom stereocenters. The molecule has 2 aromatic carbocycles. The van der Waals surface area contributed by atoms with Crippen molar-refractivity contribution in [3.05, 3.63) is 48.0 Å². The largest absolute Gasteiger partial charge is 0.388 e. The number of hydrogen-bond donors (Lipinski definition) is 1. The number of rotatable bonds is 12. The van der Waals surface area contributed by atoms with E-state index < -0.39 is 0 Å². The Hall–Kier alpha value is -1.38. The van der Waals surface area contributed by atoms with E-state index in [0.717, 1.165) is 18.5 Å². The van der Waals surface area contributed by atoms with E-state index in [1.54, 1.807) is 0 Å². The van der Waals surface area contributed by atoms with E-state index >= 15 is 0 Å². The molecular formula is C23H35NO. The first-order chi connectivity index (χ1) is 12.3. The Morgan fingerprint density at radius 3 is 2.12 bits per heavy atom. The average molecular weight is 342 g/mol. The van der Waals surface area contributed by atoms with Gasteiger partial charge in [-0.3, -0.25) is 0 Å². The van der Waals surface area contributed by atoms with Crippen LogP contribution in [0.1, 0.15) is 70.5 Å². The van der Waals surface area contributed by atoms with Gasteiger partial charge in [0.15, 0.2) is 0 Å². The highest BCUT2D eigenvalue weighted by Gasteiger charge is 2.13. The number of fused-ring (bicyclic) bond motifs is 1. The first kappa shape index (κ1) is 19.9. The van der Waals surface area contributed by atoms with Gasteiger partial charge < -0.3 is 10.0 Å². The fourth-order valence-corrected chi connectivity index (χ4v) is 3.51. The van der Waals surface area contributed by atoms with Gasteiger partial charge in [-0.25, -0.2) is 0 Å². The van der Waals surface area contributed by atoms with Gasteiger partial charge in [0, 0.05) is 6.54 Å². The Kier molecular flexibility index (Phi) is 8.99. The van der Waals surface area contributed by atoms with Gasteiger partial charge >= 0.3 is 0 Å². The van der Waals surface area contributed by atoms with E-state index in [1.807, 2.05) is 0 Å². The lowest BCUT2D eigenvalue weighted by molar-refractivity contribution is 0.141. The van der Waals surface area contributed by atoms with E-state index in [-0.39, 0.29) is 6.10 Å². The fourth-order valence-electron chi connectivity index (χ4n) is 3.51. The summed E-state index contributed by atoms with van der Waals surface area (Å²) in [6.45, 7) is 7.83. The standard InChI is InChI=1S/C23H35NO/c1-3-5-9-17-24(18-10-6-4-2)19-16-23(25)22-15-11-13-20-12-7-8-14-21(20)22/h7-8,11-15,23,25H,3-6,9-10,16-19H2,1-2H3. The number of aliphatic hydroxyl groups is 1. The van der Waals surface area contributed by atoms with Gasteiger partial charge in [0.05, 0.1) is 6.10 Å². The molecule has 2 heteroatoms. The summed E-state index contributed by atoms with van der Waals surface area (Å²) in [7, 11) is 0. The summed E-state index contributed by atoms with van der Waals surface area (Å²) in [4.78, 5) is 2.56. The van der Waals surface area contributed by atoms with Crippen LogP contribution in [0, 0.1) is 0 Å². The van der Waals surface area contributed by atoms with Crippen LogP contribution in [0.2, 0.25) is 0 Å². The zero-order valence-corrected chi connectivity index (χ0v) is 16.1. The van der Waals surface area contributed by atoms with Crippen molar-refractivity contribution in [3.63, 3.8) is 0 Å². The minimum atomic E-state index is -0.383. The van der Waals surface area contributed by atoms with E-state index in [1.165, 1.54) is 62.4 Å². The molecule has 1 N–H and O–H groups in total. The Labute approximate surface area is 153 Å². The predicted molar refractivity (Wildman–Crippen MR) is 109 cm³/mol. The van der Waals surface area contributed by atoms with Crippen LogP contribution in [0.3, 0.4) is 0 Å². The number of unbranched alkanes of at least 4 members (excludes halogenated alkanes) is 4. The first-order valence-corrected chi connectivity index (χ1v) is 10.1. The second kappa shape index (κ2) is 11.3. The monoisotopic (exact) mass is 341 g/mol. The molecule has 0 aliphatic heterocycles. The average Bonchev–Trinajstić information content (AvgIpc) is 2.65. The number of aliphatic hydroxyl groups excluding tert-OH is 1. The van der Waals surface area contributed by atoms with Gasteiger partial charge in [-0.05, 0) is 48.7 Å². The Bertz CT molecular complexity index is 595. The normalized spacial score (nSPS) is 12.8. The summed E-state index contributed by atoms with van der Waals surface area (Å²) in [6, 6.07) is 14.6. The quantitative estimate of drug-likeness (QED) is 0.482. The van der Waals surface area contributed by atoms with Crippen LogP contribution < -0.4 is 0 Å². The summed E-state index contributed by atoms with van der Waals surface area (Å²) in [5, 5.41) is 13.2. The van der Waals surface area contributed by atoms with Crippen LogP contribution in [0.15, 0.2) is 42.5 Å². The lowest BCUT2D eigenvalue weighted by Crippen LogP contribution is -2.28. The second-order valence-corrected chi connectivity index (χ2v) is 7.13. The lowest BCUT2D eigenvalue weighted by Gasteiger charge is -2.24. The number of nitrogens with zero attached hydrogens (tertiary/aromatic N) is 1. The highest BCUT2D eigenvalue weighted by Crippen LogP contribution is 2.26. The van der Waals surface area contributed by atoms with Crippen molar-refractivity contribution >= 4 is 10.8 Å². The number of benzene rings is 2. The molecule has 0 saturated heterocycles. The predicted octanol–water partition coefficient (Wildman–Crippen LogP) is 5.95. The van der Waals surface area contributed by atoms with Crippen LogP contribution in [-0.2, 0) is 0 Å². The topological polar surface area (TPSA) is 23.5 Å². The van der Waals surface area contributed by atoms with Gasteiger partial charge in [0.1, 0.15) is 0 Å². The molecule has 1 unspecified atom stereocenters. The minimum Gasteiger partial charge on any atom is -0.388 e. The number of hydrogen-bond acceptors (Lipinski definition) is 2. The molecule has 0 saturated carbocycles. The summed E-state index contributed by atoms with van der Waals surface area (Å²) < 4.78 is 0. The van der Waals surface area contributed by atoms with Crippen molar-refractivity contribution in [2.75, 3.05) is 19.6 Å². The maximum absolute atomic E-state index is 10.8. The van der Waals surface area contributed by atoms with Crippen molar-refractivity contribution in [3.8, 4) is 0 Å². The molecule has 2 nitrogen and oxygen atoms in total. The van der Waals surface area contributed by atoms with Gasteiger partial charge in [0.25, 0.3) is 0 Å². The van der Waals surface area contributed by atoms with Crippen LogP contribution in [0.4, 0.5) is 0 Å². The maximum atomic E-state index is 10.8. The molecule has 0 aliphatic rings. The van der Waals surface area contributed by atoms with E-state index in [0.29, 0.717) is 0 Å². The molecule has 138 valence electrons. The minimum absolute atomic E-state index is 0.383. The Morgan fingerprint density at radius 1 is 0.800 bits per heavy atom. The van der Waals surface area contributed by atoms with Crippen molar-refractivity contribution in [1.82, 2.24) is 4.90 Å². The van der Waals surface area contributed by atoms with Crippen LogP contribution in [0.5, 0.6) is 0 Å². The highest BCUT2D eigenvalue weighted by molar-refractivity contribution is 5.85. The third-order valence-corrected chi connectivity index (χ3v) is 5.06. The molecule has 0 bridgehead atoms. The molecule has 0 radical (unpaired) electrons. The zero-order valence-electron chi connectivity index (χ0n) is 16.1. The summed E-state index contributed by atoms with van der Waals surface area (Å²) in [6.07, 6.45) is 8.10. The smallest absolute Gasteiger partial charge is 0.0808 e. The molecule has 2 aromatic rings. The third kappa shape index (κ3) is 6.45. The third-order valence-electron chi connectivity index (χ3n) is 5.06. The van der Waals surface area contributed by atoms with Crippen molar-refractivity contribution in [1.29, 1.82) is 0 Å². The van der Waals surface area contributed by atoms with E-state index in [4.69, 9.17) is 0 Å². The second-order valence-electron chi connectivity index (χ2n) is 7.13. The molecular weight excluding hydrogens is 306 g/mol. The molecule has 0 spiro atoms. The van der Waals surface area contributed by atoms with Gasteiger partial charge in [-0.2, -0.15) is 0 Å². The zero-order chi connectivity index (χ0) is 17.9. The Balaban J connectivity index is 1.94. The Morgan fingerprint density at radius 2 is 1.44 bits per heavy atom. The molecule has 0 aliphatic carbocycles. The molecule has 0 amide bonds. The molecule has 25 heavy (non-hydrogen) atoms. The summed E-state index contributed by atoms with van der Waals surface area (Å²) in [5.41, 5.74) is 1.07. The fraction of sp³-hybridized carbons (Fsp3) is 0.565. The lowest BCUT2D eigenvalue weighted by atomic mass is 9.98. The van der Waals surface area contributed by atoms with E-state index in [9.17, 15) is 5.11 Å². The maximum Gasteiger partial charge on any atom is 0.0808 e. The highest BCUT2D eigenvalue weighted by atomic mass is 16.3. The molecule has 0 aromatic heterocycles. The van der Waals surface area contributed by atoms with Crippen molar-refractivity contribution in [2.45, 2.75) is 64.9 Å².